The zero-order valence-corrected chi connectivity index (χ0v) is 17.6. The summed E-state index contributed by atoms with van der Waals surface area (Å²) < 4.78 is 33.0. The third-order valence-electron chi connectivity index (χ3n) is 4.41. The van der Waals surface area contributed by atoms with Crippen LogP contribution in [0.4, 0.5) is 8.78 Å². The Balaban J connectivity index is 1.99. The molecule has 1 unspecified atom stereocenters. The number of nitrogens with two attached hydrogens (primary N) is 1. The van der Waals surface area contributed by atoms with E-state index in [1.807, 2.05) is 12.2 Å². The van der Waals surface area contributed by atoms with E-state index in [1.54, 1.807) is 12.2 Å². The lowest BCUT2D eigenvalue weighted by Crippen LogP contribution is -2.37. The molecular formula is C22H25F2N5O3. The van der Waals surface area contributed by atoms with Crippen LogP contribution in [0.2, 0.25) is 0 Å². The summed E-state index contributed by atoms with van der Waals surface area (Å²) in [6.45, 7) is 3.09. The largest absolute Gasteiger partial charge is 0.481 e. The Bertz CT molecular complexity index is 953. The van der Waals surface area contributed by atoms with Gasteiger partial charge in [-0.1, -0.05) is 30.9 Å². The second-order valence-electron chi connectivity index (χ2n) is 6.65. The number of hydrogen-bond donors (Lipinski definition) is 3. The van der Waals surface area contributed by atoms with Gasteiger partial charge in [0.15, 0.2) is 0 Å². The Hall–Kier alpha value is -3.82. The highest BCUT2D eigenvalue weighted by atomic mass is 19.3. The van der Waals surface area contributed by atoms with Crippen LogP contribution < -0.4 is 21.1 Å². The fraction of sp³-hybridized carbons (Fsp3) is 0.273. The number of nitrogens with zero attached hydrogens (tertiary/aromatic N) is 2. The Morgan fingerprint density at radius 2 is 2.09 bits per heavy atom. The number of carbonyl (C=O) groups excluding carboxylic acids is 2. The number of aliphatic imine (C=N–C) groups is 1. The third-order valence-corrected chi connectivity index (χ3v) is 4.41. The molecule has 0 aliphatic heterocycles. The smallest absolute Gasteiger partial charge is 0.306 e. The molecule has 1 atom stereocenters. The summed E-state index contributed by atoms with van der Waals surface area (Å²) in [4.78, 5) is 32.7. The van der Waals surface area contributed by atoms with Crippen molar-refractivity contribution in [1.29, 1.82) is 0 Å². The molecule has 0 aromatic carbocycles. The molecule has 1 aliphatic carbocycles. The van der Waals surface area contributed by atoms with E-state index >= 15 is 0 Å². The van der Waals surface area contributed by atoms with Gasteiger partial charge in [0.25, 0.3) is 11.8 Å². The number of hydrogen-bond acceptors (Lipinski definition) is 6. The first-order valence-corrected chi connectivity index (χ1v) is 9.73. The number of methoxy groups -OCH3 is 1. The number of aromatic nitrogens is 1. The summed E-state index contributed by atoms with van der Waals surface area (Å²) in [7, 11) is 1.46. The molecule has 32 heavy (non-hydrogen) atoms. The highest BCUT2D eigenvalue weighted by Crippen LogP contribution is 2.23. The molecule has 0 saturated carbocycles. The number of amides is 2. The second kappa shape index (κ2) is 11.5. The monoisotopic (exact) mass is 445 g/mol. The minimum Gasteiger partial charge on any atom is -0.481 e. The van der Waals surface area contributed by atoms with Crippen LogP contribution in [0.25, 0.3) is 0 Å². The Morgan fingerprint density at radius 3 is 2.69 bits per heavy atom. The Morgan fingerprint density at radius 1 is 1.34 bits per heavy atom. The van der Waals surface area contributed by atoms with E-state index in [2.05, 4.69) is 27.2 Å². The molecule has 8 nitrogen and oxygen atoms in total. The lowest BCUT2D eigenvalue weighted by molar-refractivity contribution is -0.117. The molecule has 4 N–H and O–H groups in total. The van der Waals surface area contributed by atoms with Crippen molar-refractivity contribution in [3.63, 3.8) is 0 Å². The van der Waals surface area contributed by atoms with E-state index in [4.69, 9.17) is 10.5 Å². The zero-order valence-electron chi connectivity index (χ0n) is 17.6. The van der Waals surface area contributed by atoms with Crippen LogP contribution in [0.3, 0.4) is 0 Å². The number of allylic oxidation sites excluding steroid dienone is 3. The normalized spacial score (nSPS) is 16.4. The summed E-state index contributed by atoms with van der Waals surface area (Å²) in [6.07, 6.45) is 10.6. The first kappa shape index (κ1) is 24.4. The van der Waals surface area contributed by atoms with Crippen LogP contribution in [0.1, 0.15) is 16.8 Å². The van der Waals surface area contributed by atoms with Crippen LogP contribution in [-0.4, -0.2) is 55.2 Å². The molecular weight excluding hydrogens is 420 g/mol. The molecule has 2 amide bonds. The number of nitrogens with one attached hydrogen (secondary N) is 2. The average Bonchev–Trinajstić information content (AvgIpc) is 2.82. The quantitative estimate of drug-likeness (QED) is 0.220. The Labute approximate surface area is 184 Å². The molecule has 170 valence electrons. The molecule has 0 radical (unpaired) electrons. The first-order chi connectivity index (χ1) is 15.3. The molecule has 0 saturated heterocycles. The van der Waals surface area contributed by atoms with Crippen LogP contribution in [0, 0.1) is 0 Å². The van der Waals surface area contributed by atoms with E-state index in [-0.39, 0.29) is 19.1 Å². The van der Waals surface area contributed by atoms with Crippen molar-refractivity contribution >= 4 is 18.0 Å². The zero-order chi connectivity index (χ0) is 23.6. The predicted molar refractivity (Wildman–Crippen MR) is 118 cm³/mol. The van der Waals surface area contributed by atoms with E-state index in [0.29, 0.717) is 23.9 Å². The van der Waals surface area contributed by atoms with E-state index < -0.39 is 29.0 Å². The van der Waals surface area contributed by atoms with Crippen molar-refractivity contribution in [2.24, 2.45) is 10.7 Å². The summed E-state index contributed by atoms with van der Waals surface area (Å²) in [5, 5.41) is 5.04. The molecule has 10 heteroatoms. The van der Waals surface area contributed by atoms with Gasteiger partial charge in [0, 0.05) is 31.6 Å². The topological polar surface area (TPSA) is 119 Å². The van der Waals surface area contributed by atoms with Crippen molar-refractivity contribution in [3.05, 3.63) is 72.1 Å². The van der Waals surface area contributed by atoms with Gasteiger partial charge in [-0.3, -0.25) is 14.6 Å². The molecule has 0 fully saturated rings. The number of rotatable bonds is 10. The standard InChI is InChI=1S/C22H25F2N5O3/c1-3-22(23,24)19(25)17(14-28-16-7-5-4-6-8-16)21(31)27-12-11-26-20(30)15-9-10-18(32-2)29-13-15/h3-7,9-10,13-14,16H,1,8,11-12,25H2,2H3,(H,26,30)(H,27,31). The van der Waals surface area contributed by atoms with Crippen molar-refractivity contribution in [3.8, 4) is 5.88 Å². The third kappa shape index (κ3) is 6.86. The number of ether oxygens (including phenoxy) is 1. The number of carbonyl (C=O) groups is 2. The summed E-state index contributed by atoms with van der Waals surface area (Å²) in [5.74, 6) is -4.48. The maximum Gasteiger partial charge on any atom is 0.306 e. The second-order valence-corrected chi connectivity index (χ2v) is 6.65. The van der Waals surface area contributed by atoms with Crippen LogP contribution in [-0.2, 0) is 4.79 Å². The van der Waals surface area contributed by atoms with Gasteiger partial charge >= 0.3 is 5.92 Å². The van der Waals surface area contributed by atoms with Gasteiger partial charge in [-0.15, -0.1) is 0 Å². The minimum atomic E-state index is -3.59. The minimum absolute atomic E-state index is 0.0233. The van der Waals surface area contributed by atoms with Crippen molar-refractivity contribution in [1.82, 2.24) is 15.6 Å². The molecule has 1 aromatic heterocycles. The van der Waals surface area contributed by atoms with Gasteiger partial charge < -0.3 is 21.1 Å². The van der Waals surface area contributed by atoms with E-state index in [0.717, 1.165) is 6.21 Å². The lowest BCUT2D eigenvalue weighted by Gasteiger charge is -2.16. The van der Waals surface area contributed by atoms with Gasteiger partial charge in [-0.25, -0.2) is 4.98 Å². The summed E-state index contributed by atoms with van der Waals surface area (Å²) >= 11 is 0. The van der Waals surface area contributed by atoms with E-state index in [9.17, 15) is 18.4 Å². The number of alkyl halides is 2. The highest BCUT2D eigenvalue weighted by Gasteiger charge is 2.32. The first-order valence-electron chi connectivity index (χ1n) is 9.73. The molecule has 0 spiro atoms. The SMILES string of the molecule is C=CC(F)(F)C(N)=C(C=NC1C=CC=CC1)C(=O)NCCNC(=O)c1ccc(OC)nc1. The van der Waals surface area contributed by atoms with Gasteiger partial charge in [0.2, 0.25) is 5.88 Å². The molecule has 0 bridgehead atoms. The Kier molecular flexibility index (Phi) is 8.82. The predicted octanol–water partition coefficient (Wildman–Crippen LogP) is 1.93. The maximum absolute atomic E-state index is 14.0. The van der Waals surface area contributed by atoms with Crippen LogP contribution in [0.5, 0.6) is 5.88 Å². The number of pyridine rings is 1. The van der Waals surface area contributed by atoms with Gasteiger partial charge in [-0.2, -0.15) is 8.78 Å². The lowest BCUT2D eigenvalue weighted by atomic mass is 10.1. The molecule has 1 aliphatic rings. The highest BCUT2D eigenvalue weighted by molar-refractivity contribution is 6.13. The van der Waals surface area contributed by atoms with Crippen LogP contribution >= 0.6 is 0 Å². The number of halogens is 2. The van der Waals surface area contributed by atoms with Crippen molar-refractivity contribution < 1.29 is 23.1 Å². The van der Waals surface area contributed by atoms with E-state index in [1.165, 1.54) is 25.4 Å². The molecule has 1 heterocycles. The fourth-order valence-electron chi connectivity index (χ4n) is 2.57. The van der Waals surface area contributed by atoms with Gasteiger partial charge in [0.1, 0.15) is 0 Å². The molecule has 1 aromatic rings. The summed E-state index contributed by atoms with van der Waals surface area (Å²) in [5.41, 5.74) is 4.43. The van der Waals surface area contributed by atoms with Crippen molar-refractivity contribution in [2.45, 2.75) is 18.4 Å². The summed E-state index contributed by atoms with van der Waals surface area (Å²) in [6, 6.07) is 2.78. The fourth-order valence-corrected chi connectivity index (χ4v) is 2.57. The van der Waals surface area contributed by atoms with Crippen LogP contribution in [0.15, 0.2) is 71.6 Å². The average molecular weight is 445 g/mol. The molecule has 2 rings (SSSR count). The van der Waals surface area contributed by atoms with Gasteiger partial charge in [-0.05, 0) is 18.6 Å². The van der Waals surface area contributed by atoms with Gasteiger partial charge in [0.05, 0.1) is 30.0 Å². The van der Waals surface area contributed by atoms with Crippen molar-refractivity contribution in [2.75, 3.05) is 20.2 Å². The maximum atomic E-state index is 14.0.